The van der Waals surface area contributed by atoms with Gasteiger partial charge in [-0.25, -0.2) is 9.29 Å². The fourth-order valence-electron chi connectivity index (χ4n) is 4.42. The second-order valence-corrected chi connectivity index (χ2v) is 9.91. The highest BCUT2D eigenvalue weighted by Gasteiger charge is 2.26. The molecule has 2 fully saturated rings. The summed E-state index contributed by atoms with van der Waals surface area (Å²) in [7, 11) is 1.70. The van der Waals surface area contributed by atoms with E-state index in [4.69, 9.17) is 24.2 Å². The first kappa shape index (κ1) is 23.4. The van der Waals surface area contributed by atoms with Gasteiger partial charge in [-0.3, -0.25) is 4.90 Å². The number of hydrogen-bond acceptors (Lipinski definition) is 8. The maximum atomic E-state index is 6.38. The van der Waals surface area contributed by atoms with Crippen LogP contribution in [-0.2, 0) is 4.74 Å². The Kier molecular flexibility index (Phi) is 7.49. The smallest absolute Gasteiger partial charge is 0.225 e. The number of methoxy groups -OCH3 is 1. The number of benzene rings is 2. The Balaban J connectivity index is 1.26. The lowest BCUT2D eigenvalue weighted by atomic mass is 10.1. The van der Waals surface area contributed by atoms with Gasteiger partial charge < -0.3 is 14.2 Å². The highest BCUT2D eigenvalue weighted by atomic mass is 32.2. The van der Waals surface area contributed by atoms with Crippen LogP contribution in [0, 0.1) is 0 Å². The van der Waals surface area contributed by atoms with Crippen molar-refractivity contribution in [2.75, 3.05) is 46.5 Å². The molecule has 7 nitrogen and oxygen atoms in total. The summed E-state index contributed by atoms with van der Waals surface area (Å²) < 4.78 is 19.6. The molecule has 180 valence electrons. The van der Waals surface area contributed by atoms with Crippen LogP contribution < -0.4 is 9.47 Å². The van der Waals surface area contributed by atoms with E-state index in [1.54, 1.807) is 19.1 Å². The van der Waals surface area contributed by atoms with Gasteiger partial charge in [0.2, 0.25) is 5.88 Å². The third-order valence-corrected chi connectivity index (χ3v) is 7.63. The number of para-hydroxylation sites is 1. The van der Waals surface area contributed by atoms with Crippen molar-refractivity contribution in [3.05, 3.63) is 54.4 Å². The molecule has 2 saturated heterocycles. The summed E-state index contributed by atoms with van der Waals surface area (Å²) in [5, 5.41) is 0.977. The van der Waals surface area contributed by atoms with E-state index in [1.807, 2.05) is 36.4 Å². The van der Waals surface area contributed by atoms with Crippen molar-refractivity contribution in [3.63, 3.8) is 0 Å². The Morgan fingerprint density at radius 2 is 1.71 bits per heavy atom. The molecule has 3 aromatic rings. The minimum Gasteiger partial charge on any atom is -0.497 e. The molecular weight excluding hydrogens is 448 g/mol. The van der Waals surface area contributed by atoms with Crippen LogP contribution in [0.15, 0.2) is 53.4 Å². The lowest BCUT2D eigenvalue weighted by Crippen LogP contribution is -2.44. The van der Waals surface area contributed by atoms with Crippen LogP contribution in [0.25, 0.3) is 10.9 Å². The predicted octanol–water partition coefficient (Wildman–Crippen LogP) is 4.58. The molecule has 0 bridgehead atoms. The van der Waals surface area contributed by atoms with Gasteiger partial charge in [-0.1, -0.05) is 12.1 Å². The van der Waals surface area contributed by atoms with E-state index in [9.17, 15) is 0 Å². The standard InChI is InChI=1S/C26H32N4O3S/c1-19(29-13-15-30(16-14-29)34-22-9-7-20(31-2)8-10-22)25-27-24-6-4-3-5-23(24)26(28-25)33-21-11-17-32-18-12-21/h3-10,19,21H,11-18H2,1-2H3. The van der Waals surface area contributed by atoms with Crippen molar-refractivity contribution in [2.45, 2.75) is 36.8 Å². The zero-order valence-corrected chi connectivity index (χ0v) is 20.7. The molecule has 0 aliphatic carbocycles. The molecular formula is C26H32N4O3S. The van der Waals surface area contributed by atoms with Crippen molar-refractivity contribution in [1.29, 1.82) is 0 Å². The minimum atomic E-state index is 0.120. The fourth-order valence-corrected chi connectivity index (χ4v) is 5.33. The lowest BCUT2D eigenvalue weighted by Gasteiger charge is -2.36. The second-order valence-electron chi connectivity index (χ2n) is 8.74. The number of fused-ring (bicyclic) bond motifs is 1. The minimum absolute atomic E-state index is 0.120. The van der Waals surface area contributed by atoms with Crippen LogP contribution in [0.2, 0.25) is 0 Å². The summed E-state index contributed by atoms with van der Waals surface area (Å²) in [6.45, 7) is 7.60. The molecule has 0 N–H and O–H groups in total. The highest BCUT2D eigenvalue weighted by molar-refractivity contribution is 7.97. The maximum absolute atomic E-state index is 6.38. The Bertz CT molecular complexity index is 1080. The van der Waals surface area contributed by atoms with E-state index in [2.05, 4.69) is 28.3 Å². The van der Waals surface area contributed by atoms with E-state index >= 15 is 0 Å². The van der Waals surface area contributed by atoms with Crippen LogP contribution in [-0.4, -0.2) is 71.8 Å². The van der Waals surface area contributed by atoms with Gasteiger partial charge in [0.1, 0.15) is 17.7 Å². The van der Waals surface area contributed by atoms with Gasteiger partial charge in [-0.15, -0.1) is 0 Å². The molecule has 1 atom stereocenters. The van der Waals surface area contributed by atoms with E-state index < -0.39 is 0 Å². The van der Waals surface area contributed by atoms with E-state index in [1.165, 1.54) is 4.90 Å². The molecule has 34 heavy (non-hydrogen) atoms. The SMILES string of the molecule is COc1ccc(SN2CCN(C(C)c3nc(OC4CCOCC4)c4ccccc4n3)CC2)cc1. The molecule has 0 spiro atoms. The van der Waals surface area contributed by atoms with Gasteiger partial charge in [-0.05, 0) is 55.3 Å². The molecule has 5 rings (SSSR count). The zero-order valence-electron chi connectivity index (χ0n) is 19.9. The lowest BCUT2D eigenvalue weighted by molar-refractivity contribution is 0.0241. The first-order valence-electron chi connectivity index (χ1n) is 12.0. The van der Waals surface area contributed by atoms with E-state index in [0.717, 1.165) is 74.7 Å². The molecule has 2 aromatic carbocycles. The number of piperazine rings is 1. The predicted molar refractivity (Wildman–Crippen MR) is 134 cm³/mol. The van der Waals surface area contributed by atoms with Crippen molar-refractivity contribution >= 4 is 22.9 Å². The fraction of sp³-hybridized carbons (Fsp3) is 0.462. The van der Waals surface area contributed by atoms with Crippen LogP contribution in [0.3, 0.4) is 0 Å². The average molecular weight is 481 g/mol. The quantitative estimate of drug-likeness (QED) is 0.456. The van der Waals surface area contributed by atoms with E-state index in [-0.39, 0.29) is 12.1 Å². The molecule has 3 heterocycles. The first-order valence-corrected chi connectivity index (χ1v) is 12.8. The van der Waals surface area contributed by atoms with Gasteiger partial charge in [0.25, 0.3) is 0 Å². The van der Waals surface area contributed by atoms with Crippen LogP contribution in [0.5, 0.6) is 11.6 Å². The molecule has 8 heteroatoms. The van der Waals surface area contributed by atoms with Crippen molar-refractivity contribution in [1.82, 2.24) is 19.2 Å². The first-order chi connectivity index (χ1) is 16.7. The Labute approximate surface area is 205 Å². The topological polar surface area (TPSA) is 60.0 Å². The zero-order chi connectivity index (χ0) is 23.3. The third kappa shape index (κ3) is 5.46. The monoisotopic (exact) mass is 480 g/mol. The van der Waals surface area contributed by atoms with Crippen LogP contribution in [0.1, 0.15) is 31.6 Å². The second kappa shape index (κ2) is 10.9. The number of ether oxygens (including phenoxy) is 3. The number of hydrogen-bond donors (Lipinski definition) is 0. The van der Waals surface area contributed by atoms with Gasteiger partial charge in [0, 0.05) is 43.9 Å². The van der Waals surface area contributed by atoms with Crippen molar-refractivity contribution in [3.8, 4) is 11.6 Å². The van der Waals surface area contributed by atoms with Crippen LogP contribution >= 0.6 is 11.9 Å². The molecule has 1 aromatic heterocycles. The summed E-state index contributed by atoms with van der Waals surface area (Å²) in [6, 6.07) is 16.5. The number of rotatable bonds is 7. The highest BCUT2D eigenvalue weighted by Crippen LogP contribution is 2.30. The maximum Gasteiger partial charge on any atom is 0.225 e. The number of nitrogens with zero attached hydrogens (tertiary/aromatic N) is 4. The molecule has 2 aliphatic rings. The number of aromatic nitrogens is 2. The summed E-state index contributed by atoms with van der Waals surface area (Å²) in [5.41, 5.74) is 0.940. The molecule has 1 unspecified atom stereocenters. The van der Waals surface area contributed by atoms with Crippen molar-refractivity contribution in [2.24, 2.45) is 0 Å². The summed E-state index contributed by atoms with van der Waals surface area (Å²) in [5.74, 6) is 2.42. The molecule has 0 saturated carbocycles. The Hall–Kier alpha value is -2.39. The Morgan fingerprint density at radius 3 is 2.44 bits per heavy atom. The van der Waals surface area contributed by atoms with E-state index in [0.29, 0.717) is 5.88 Å². The largest absolute Gasteiger partial charge is 0.497 e. The molecule has 0 amide bonds. The van der Waals surface area contributed by atoms with Crippen molar-refractivity contribution < 1.29 is 14.2 Å². The third-order valence-electron chi connectivity index (χ3n) is 6.52. The normalized spacial score (nSPS) is 19.2. The van der Waals surface area contributed by atoms with Gasteiger partial charge in [0.15, 0.2) is 0 Å². The van der Waals surface area contributed by atoms with Gasteiger partial charge in [-0.2, -0.15) is 4.98 Å². The summed E-state index contributed by atoms with van der Waals surface area (Å²) in [4.78, 5) is 13.5. The van der Waals surface area contributed by atoms with Gasteiger partial charge in [0.05, 0.1) is 37.3 Å². The summed E-state index contributed by atoms with van der Waals surface area (Å²) >= 11 is 1.81. The summed E-state index contributed by atoms with van der Waals surface area (Å²) in [6.07, 6.45) is 1.95. The average Bonchev–Trinajstić information content (AvgIpc) is 2.90. The van der Waals surface area contributed by atoms with Crippen LogP contribution in [0.4, 0.5) is 0 Å². The molecule has 2 aliphatic heterocycles. The molecule has 0 radical (unpaired) electrons. The Morgan fingerprint density at radius 1 is 0.971 bits per heavy atom. The van der Waals surface area contributed by atoms with Gasteiger partial charge >= 0.3 is 0 Å².